The number of aliphatic hydroxyl groups excluding tert-OH is 2. The van der Waals surface area contributed by atoms with Gasteiger partial charge < -0.3 is 14.9 Å². The van der Waals surface area contributed by atoms with Gasteiger partial charge in [-0.05, 0) is 12.3 Å². The molecule has 5 atom stereocenters. The molecule has 1 aliphatic rings. The first-order chi connectivity index (χ1) is 6.11. The van der Waals surface area contributed by atoms with Crippen LogP contribution < -0.4 is 0 Å². The average molecular weight is 206 g/mol. The first kappa shape index (κ1) is 11.3. The van der Waals surface area contributed by atoms with E-state index in [2.05, 4.69) is 12.6 Å². The summed E-state index contributed by atoms with van der Waals surface area (Å²) in [7, 11) is 0. The first-order valence-electron chi connectivity index (χ1n) is 4.74. The lowest BCUT2D eigenvalue weighted by molar-refractivity contribution is -0.151. The van der Waals surface area contributed by atoms with Crippen LogP contribution in [0.4, 0.5) is 0 Å². The Morgan fingerprint density at radius 3 is 2.46 bits per heavy atom. The van der Waals surface area contributed by atoms with Crippen molar-refractivity contribution in [1.82, 2.24) is 0 Å². The Kier molecular flexibility index (Phi) is 4.04. The molecule has 0 saturated carbocycles. The molecular formula is C9H18O3S. The summed E-state index contributed by atoms with van der Waals surface area (Å²) in [6.07, 6.45) is -0.139. The molecule has 1 rings (SSSR count). The molecule has 3 unspecified atom stereocenters. The number of rotatable bonds is 2. The summed E-state index contributed by atoms with van der Waals surface area (Å²) in [5.41, 5.74) is 0. The van der Waals surface area contributed by atoms with Crippen LogP contribution >= 0.6 is 12.6 Å². The van der Waals surface area contributed by atoms with Crippen molar-refractivity contribution in [2.75, 3.05) is 6.61 Å². The van der Waals surface area contributed by atoms with Crippen molar-refractivity contribution in [2.45, 2.75) is 43.8 Å². The number of hydrogen-bond acceptors (Lipinski definition) is 4. The number of ether oxygens (including phenoxy) is 1. The fraction of sp³-hybridized carbons (Fsp3) is 1.00. The van der Waals surface area contributed by atoms with E-state index >= 15 is 0 Å². The van der Waals surface area contributed by atoms with Gasteiger partial charge in [0.1, 0.15) is 6.10 Å². The molecule has 0 aromatic heterocycles. The molecule has 0 aliphatic carbocycles. The van der Waals surface area contributed by atoms with Crippen molar-refractivity contribution in [3.8, 4) is 0 Å². The van der Waals surface area contributed by atoms with Crippen LogP contribution in [0, 0.1) is 5.92 Å². The van der Waals surface area contributed by atoms with Gasteiger partial charge in [0, 0.05) is 5.25 Å². The maximum atomic E-state index is 9.69. The van der Waals surface area contributed by atoms with Gasteiger partial charge in [0.25, 0.3) is 0 Å². The predicted octanol–water partition coefficient (Wildman–Crippen LogP) is 0.451. The molecule has 0 radical (unpaired) electrons. The third-order valence-electron chi connectivity index (χ3n) is 2.77. The third-order valence-corrected chi connectivity index (χ3v) is 3.57. The number of thiol groups is 1. The van der Waals surface area contributed by atoms with Crippen LogP contribution in [0.5, 0.6) is 0 Å². The summed E-state index contributed by atoms with van der Waals surface area (Å²) < 4.78 is 5.50. The highest BCUT2D eigenvalue weighted by Gasteiger charge is 2.39. The minimum atomic E-state index is -0.602. The molecule has 13 heavy (non-hydrogen) atoms. The Labute approximate surface area is 84.5 Å². The van der Waals surface area contributed by atoms with Gasteiger partial charge >= 0.3 is 0 Å². The molecule has 0 aromatic rings. The highest BCUT2D eigenvalue weighted by Crippen LogP contribution is 2.30. The molecule has 1 heterocycles. The van der Waals surface area contributed by atoms with Crippen molar-refractivity contribution < 1.29 is 14.9 Å². The molecule has 0 aromatic carbocycles. The summed E-state index contributed by atoms with van der Waals surface area (Å²) in [6, 6.07) is 0. The lowest BCUT2D eigenvalue weighted by atomic mass is 9.89. The van der Waals surface area contributed by atoms with Gasteiger partial charge in [-0.15, -0.1) is 0 Å². The van der Waals surface area contributed by atoms with Crippen molar-refractivity contribution in [2.24, 2.45) is 5.92 Å². The zero-order valence-electron chi connectivity index (χ0n) is 8.05. The van der Waals surface area contributed by atoms with Gasteiger partial charge in [-0.1, -0.05) is 13.8 Å². The van der Waals surface area contributed by atoms with Crippen molar-refractivity contribution >= 4 is 12.6 Å². The van der Waals surface area contributed by atoms with Crippen LogP contribution in [-0.4, -0.2) is 40.4 Å². The van der Waals surface area contributed by atoms with Crippen molar-refractivity contribution in [3.63, 3.8) is 0 Å². The molecule has 1 saturated heterocycles. The van der Waals surface area contributed by atoms with E-state index in [-0.39, 0.29) is 23.9 Å². The van der Waals surface area contributed by atoms with Crippen LogP contribution in [0.25, 0.3) is 0 Å². The summed E-state index contributed by atoms with van der Waals surface area (Å²) in [4.78, 5) is 0. The lowest BCUT2D eigenvalue weighted by Crippen LogP contribution is -2.52. The molecule has 0 amide bonds. The fourth-order valence-corrected chi connectivity index (χ4v) is 2.21. The maximum Gasteiger partial charge on any atom is 0.107 e. The first-order valence-corrected chi connectivity index (χ1v) is 5.25. The van der Waals surface area contributed by atoms with Crippen molar-refractivity contribution in [3.05, 3.63) is 0 Å². The van der Waals surface area contributed by atoms with Gasteiger partial charge in [0.2, 0.25) is 0 Å². The van der Waals surface area contributed by atoms with Gasteiger partial charge in [-0.2, -0.15) is 12.6 Å². The topological polar surface area (TPSA) is 49.7 Å². The van der Waals surface area contributed by atoms with E-state index in [1.807, 2.05) is 13.8 Å². The Hall–Kier alpha value is 0.230. The van der Waals surface area contributed by atoms with E-state index in [9.17, 15) is 5.11 Å². The molecule has 2 N–H and O–H groups in total. The molecule has 3 nitrogen and oxygen atoms in total. The van der Waals surface area contributed by atoms with Crippen LogP contribution in [0.2, 0.25) is 0 Å². The highest BCUT2D eigenvalue weighted by atomic mass is 32.1. The Bertz CT molecular complexity index is 145. The molecule has 1 aliphatic heterocycles. The summed E-state index contributed by atoms with van der Waals surface area (Å²) >= 11 is 4.40. The molecule has 78 valence electrons. The summed E-state index contributed by atoms with van der Waals surface area (Å²) in [6.45, 7) is 3.84. The zero-order chi connectivity index (χ0) is 10.0. The molecular weight excluding hydrogens is 188 g/mol. The Balaban J connectivity index is 2.66. The van der Waals surface area contributed by atoms with E-state index in [0.717, 1.165) is 6.42 Å². The SMILES string of the molecule is CC[C@H]1OC(CO)[C@@H](O)C(C)C1S. The summed E-state index contributed by atoms with van der Waals surface area (Å²) in [5, 5.41) is 18.7. The van der Waals surface area contributed by atoms with Crippen LogP contribution in [0.3, 0.4) is 0 Å². The van der Waals surface area contributed by atoms with E-state index in [4.69, 9.17) is 9.84 Å². The predicted molar refractivity (Wildman–Crippen MR) is 54.0 cm³/mol. The van der Waals surface area contributed by atoms with Gasteiger partial charge in [-0.25, -0.2) is 0 Å². The second kappa shape index (κ2) is 4.64. The monoisotopic (exact) mass is 206 g/mol. The second-order valence-corrected chi connectivity index (χ2v) is 4.24. The van der Waals surface area contributed by atoms with Crippen LogP contribution in [0.15, 0.2) is 0 Å². The van der Waals surface area contributed by atoms with Crippen molar-refractivity contribution in [1.29, 1.82) is 0 Å². The van der Waals surface area contributed by atoms with E-state index in [1.54, 1.807) is 0 Å². The smallest absolute Gasteiger partial charge is 0.107 e. The van der Waals surface area contributed by atoms with Gasteiger partial charge in [-0.3, -0.25) is 0 Å². The largest absolute Gasteiger partial charge is 0.394 e. The second-order valence-electron chi connectivity index (χ2n) is 3.64. The zero-order valence-corrected chi connectivity index (χ0v) is 8.95. The number of aliphatic hydroxyl groups is 2. The van der Waals surface area contributed by atoms with E-state index < -0.39 is 12.2 Å². The summed E-state index contributed by atoms with van der Waals surface area (Å²) in [5.74, 6) is 0.0687. The number of hydrogen-bond donors (Lipinski definition) is 3. The van der Waals surface area contributed by atoms with Crippen LogP contribution in [0.1, 0.15) is 20.3 Å². The van der Waals surface area contributed by atoms with Crippen LogP contribution in [-0.2, 0) is 4.74 Å². The van der Waals surface area contributed by atoms with Gasteiger partial charge in [0.05, 0.1) is 18.8 Å². The quantitative estimate of drug-likeness (QED) is 0.575. The van der Waals surface area contributed by atoms with E-state index in [0.29, 0.717) is 0 Å². The molecule has 4 heteroatoms. The van der Waals surface area contributed by atoms with Gasteiger partial charge in [0.15, 0.2) is 0 Å². The highest BCUT2D eigenvalue weighted by molar-refractivity contribution is 7.81. The molecule has 0 bridgehead atoms. The normalized spacial score (nSPS) is 46.4. The standard InChI is InChI=1S/C9H18O3S/c1-3-6-9(13)5(2)8(11)7(4-10)12-6/h5-11,13H,3-4H2,1-2H3/t5?,6-,7?,8+,9?/m1/s1. The van der Waals surface area contributed by atoms with E-state index in [1.165, 1.54) is 0 Å². The Morgan fingerprint density at radius 1 is 1.38 bits per heavy atom. The minimum Gasteiger partial charge on any atom is -0.394 e. The lowest BCUT2D eigenvalue weighted by Gasteiger charge is -2.41. The molecule has 0 spiro atoms. The fourth-order valence-electron chi connectivity index (χ4n) is 1.75. The third kappa shape index (κ3) is 2.18. The minimum absolute atomic E-state index is 0.0406. The molecule has 1 fully saturated rings. The Morgan fingerprint density at radius 2 is 2.00 bits per heavy atom. The average Bonchev–Trinajstić information content (AvgIpc) is 2.15. The maximum absolute atomic E-state index is 9.69.